The topological polar surface area (TPSA) is 88.0 Å². The van der Waals surface area contributed by atoms with Crippen molar-refractivity contribution in [3.63, 3.8) is 0 Å². The van der Waals surface area contributed by atoms with Crippen LogP contribution in [-0.2, 0) is 6.54 Å². The highest BCUT2D eigenvalue weighted by molar-refractivity contribution is 5.98. The van der Waals surface area contributed by atoms with Crippen LogP contribution < -0.4 is 15.5 Å². The van der Waals surface area contributed by atoms with Crippen molar-refractivity contribution in [3.05, 3.63) is 36.3 Å². The number of hydrogen-bond donors (Lipinski definition) is 2. The minimum Gasteiger partial charge on any atom is -0.370 e. The molecule has 32 heavy (non-hydrogen) atoms. The van der Waals surface area contributed by atoms with Crippen molar-refractivity contribution in [2.45, 2.75) is 57.9 Å². The summed E-state index contributed by atoms with van der Waals surface area (Å²) in [5.41, 5.74) is 2.61. The normalized spacial score (nSPS) is 18.0. The standard InChI is InChI=1S/C24H31N7O/c32-23-20-15-18-16-27-24(29-22(18)31(20)14-8-3-1-2-5-11-25-23)28-21-10-9-19(17-26-21)30-12-6-4-7-13-30/h9-10,15-17H,1-8,11-14H2,(H,25,32)(H,26,27,28,29). The van der Waals surface area contributed by atoms with E-state index in [9.17, 15) is 4.79 Å². The Labute approximate surface area is 188 Å². The minimum absolute atomic E-state index is 0.0330. The first-order valence-electron chi connectivity index (χ1n) is 11.9. The lowest BCUT2D eigenvalue weighted by molar-refractivity contribution is 0.0944. The van der Waals surface area contributed by atoms with Crippen molar-refractivity contribution in [1.29, 1.82) is 0 Å². The first-order chi connectivity index (χ1) is 15.8. The van der Waals surface area contributed by atoms with Gasteiger partial charge in [-0.05, 0) is 50.3 Å². The Morgan fingerprint density at radius 1 is 0.875 bits per heavy atom. The molecule has 0 spiro atoms. The molecule has 5 heterocycles. The van der Waals surface area contributed by atoms with E-state index >= 15 is 0 Å². The Hall–Kier alpha value is -3.16. The summed E-state index contributed by atoms with van der Waals surface area (Å²) in [7, 11) is 0. The summed E-state index contributed by atoms with van der Waals surface area (Å²) >= 11 is 0. The van der Waals surface area contributed by atoms with Crippen LogP contribution in [0.2, 0.25) is 0 Å². The second-order valence-corrected chi connectivity index (χ2v) is 8.75. The predicted molar refractivity (Wildman–Crippen MR) is 127 cm³/mol. The Morgan fingerprint density at radius 2 is 1.66 bits per heavy atom. The van der Waals surface area contributed by atoms with Crippen molar-refractivity contribution in [2.24, 2.45) is 0 Å². The number of piperidine rings is 1. The van der Waals surface area contributed by atoms with E-state index in [1.165, 1.54) is 25.7 Å². The first kappa shape index (κ1) is 20.7. The maximum atomic E-state index is 12.7. The highest BCUT2D eigenvalue weighted by atomic mass is 16.1. The number of anilines is 3. The molecule has 0 saturated carbocycles. The second-order valence-electron chi connectivity index (χ2n) is 8.75. The number of aromatic nitrogens is 4. The zero-order valence-electron chi connectivity index (χ0n) is 18.5. The van der Waals surface area contributed by atoms with Gasteiger partial charge >= 0.3 is 0 Å². The number of amides is 1. The van der Waals surface area contributed by atoms with Crippen LogP contribution >= 0.6 is 0 Å². The zero-order valence-corrected chi connectivity index (χ0v) is 18.5. The molecule has 5 rings (SSSR count). The third-order valence-electron chi connectivity index (χ3n) is 6.42. The van der Waals surface area contributed by atoms with Crippen LogP contribution in [0, 0.1) is 0 Å². The van der Waals surface area contributed by atoms with Crippen LogP contribution in [0.5, 0.6) is 0 Å². The van der Waals surface area contributed by atoms with Crippen LogP contribution in [0.1, 0.15) is 61.9 Å². The van der Waals surface area contributed by atoms with Gasteiger partial charge in [-0.1, -0.05) is 19.3 Å². The van der Waals surface area contributed by atoms with Crippen LogP contribution in [0.15, 0.2) is 30.6 Å². The first-order valence-corrected chi connectivity index (χ1v) is 11.9. The molecule has 2 aliphatic rings. The Bertz CT molecular complexity index is 1070. The van der Waals surface area contributed by atoms with E-state index in [1.54, 1.807) is 6.20 Å². The van der Waals surface area contributed by atoms with E-state index in [0.29, 0.717) is 17.5 Å². The molecule has 168 valence electrons. The molecule has 2 aliphatic heterocycles. The number of rotatable bonds is 3. The van der Waals surface area contributed by atoms with Gasteiger partial charge < -0.3 is 20.1 Å². The molecule has 1 fully saturated rings. The van der Waals surface area contributed by atoms with Gasteiger partial charge in [0.15, 0.2) is 0 Å². The predicted octanol–water partition coefficient (Wildman–Crippen LogP) is 4.25. The number of fused-ring (bicyclic) bond motifs is 3. The van der Waals surface area contributed by atoms with Crippen molar-refractivity contribution < 1.29 is 4.79 Å². The summed E-state index contributed by atoms with van der Waals surface area (Å²) < 4.78 is 2.04. The molecule has 8 nitrogen and oxygen atoms in total. The quantitative estimate of drug-likeness (QED) is 0.642. The van der Waals surface area contributed by atoms with Gasteiger partial charge in [-0.25, -0.2) is 9.97 Å². The molecule has 1 amide bonds. The smallest absolute Gasteiger partial charge is 0.267 e. The number of nitrogens with one attached hydrogen (secondary N) is 2. The largest absolute Gasteiger partial charge is 0.370 e. The van der Waals surface area contributed by atoms with Crippen LogP contribution in [0.4, 0.5) is 17.5 Å². The molecule has 0 radical (unpaired) electrons. The van der Waals surface area contributed by atoms with Crippen molar-refractivity contribution in [2.75, 3.05) is 29.9 Å². The third-order valence-corrected chi connectivity index (χ3v) is 6.42. The summed E-state index contributed by atoms with van der Waals surface area (Å²) in [6.07, 6.45) is 13.1. The van der Waals surface area contributed by atoms with E-state index in [0.717, 1.165) is 68.6 Å². The average molecular weight is 434 g/mol. The van der Waals surface area contributed by atoms with E-state index in [2.05, 4.69) is 31.6 Å². The summed E-state index contributed by atoms with van der Waals surface area (Å²) in [6, 6.07) is 5.98. The second kappa shape index (κ2) is 9.54. The number of aryl methyl sites for hydroxylation is 1. The maximum Gasteiger partial charge on any atom is 0.267 e. The SMILES string of the molecule is O=C1NCCCCCCCn2c1cc1cnc(Nc3ccc(N4CCCCC4)cn3)nc12. The molecule has 2 N–H and O–H groups in total. The van der Waals surface area contributed by atoms with Gasteiger partial charge in [-0.2, -0.15) is 4.98 Å². The monoisotopic (exact) mass is 433 g/mol. The molecule has 1 saturated heterocycles. The molecule has 0 atom stereocenters. The van der Waals surface area contributed by atoms with Gasteiger partial charge in [-0.3, -0.25) is 4.79 Å². The number of nitrogens with zero attached hydrogens (tertiary/aromatic N) is 5. The lowest BCUT2D eigenvalue weighted by atomic mass is 10.1. The molecular weight excluding hydrogens is 402 g/mol. The fourth-order valence-electron chi connectivity index (χ4n) is 4.65. The summed E-state index contributed by atoms with van der Waals surface area (Å²) in [4.78, 5) is 28.9. The molecular formula is C24H31N7O. The van der Waals surface area contributed by atoms with Gasteiger partial charge in [0.2, 0.25) is 5.95 Å². The number of pyridine rings is 1. The van der Waals surface area contributed by atoms with Gasteiger partial charge in [0.1, 0.15) is 17.2 Å². The Kier molecular flexibility index (Phi) is 6.18. The third kappa shape index (κ3) is 4.54. The van der Waals surface area contributed by atoms with Gasteiger partial charge in [-0.15, -0.1) is 0 Å². The van der Waals surface area contributed by atoms with Crippen molar-refractivity contribution in [1.82, 2.24) is 24.8 Å². The van der Waals surface area contributed by atoms with Gasteiger partial charge in [0.05, 0.1) is 11.9 Å². The molecule has 0 aliphatic carbocycles. The van der Waals surface area contributed by atoms with E-state index in [-0.39, 0.29) is 5.91 Å². The van der Waals surface area contributed by atoms with Crippen LogP contribution in [-0.4, -0.2) is 45.1 Å². The summed E-state index contributed by atoms with van der Waals surface area (Å²) in [5, 5.41) is 7.16. The minimum atomic E-state index is -0.0330. The Balaban J connectivity index is 1.38. The number of hydrogen-bond acceptors (Lipinski definition) is 6. The van der Waals surface area contributed by atoms with E-state index < -0.39 is 0 Å². The Morgan fingerprint density at radius 3 is 2.50 bits per heavy atom. The number of carbonyl (C=O) groups is 1. The van der Waals surface area contributed by atoms with Crippen LogP contribution in [0.3, 0.4) is 0 Å². The van der Waals surface area contributed by atoms with Crippen molar-refractivity contribution in [3.8, 4) is 0 Å². The highest BCUT2D eigenvalue weighted by Crippen LogP contribution is 2.23. The summed E-state index contributed by atoms with van der Waals surface area (Å²) in [5.74, 6) is 1.17. The molecule has 0 bridgehead atoms. The molecule has 0 unspecified atom stereocenters. The summed E-state index contributed by atoms with van der Waals surface area (Å²) in [6.45, 7) is 3.70. The van der Waals surface area contributed by atoms with E-state index in [1.807, 2.05) is 22.9 Å². The van der Waals surface area contributed by atoms with Crippen molar-refractivity contribution >= 4 is 34.4 Å². The lowest BCUT2D eigenvalue weighted by Gasteiger charge is -2.28. The lowest BCUT2D eigenvalue weighted by Crippen LogP contribution is -2.29. The average Bonchev–Trinajstić information content (AvgIpc) is 3.18. The molecule has 0 aromatic carbocycles. The molecule has 3 aromatic heterocycles. The fraction of sp³-hybridized carbons (Fsp3) is 0.500. The fourth-order valence-corrected chi connectivity index (χ4v) is 4.65. The zero-order chi connectivity index (χ0) is 21.8. The molecule has 3 aromatic rings. The highest BCUT2D eigenvalue weighted by Gasteiger charge is 2.18. The molecule has 8 heteroatoms. The van der Waals surface area contributed by atoms with E-state index in [4.69, 9.17) is 4.98 Å². The van der Waals surface area contributed by atoms with Crippen LogP contribution in [0.25, 0.3) is 11.0 Å². The van der Waals surface area contributed by atoms with Gasteiger partial charge in [0, 0.05) is 37.8 Å². The van der Waals surface area contributed by atoms with Gasteiger partial charge in [0.25, 0.3) is 5.91 Å². The maximum absolute atomic E-state index is 12.7. The number of carbonyl (C=O) groups excluding carboxylic acids is 1.